The van der Waals surface area contributed by atoms with Crippen LogP contribution >= 0.6 is 11.6 Å². The van der Waals surface area contributed by atoms with Gasteiger partial charge in [0.1, 0.15) is 11.3 Å². The molecule has 2 atom stereocenters. The lowest BCUT2D eigenvalue weighted by molar-refractivity contribution is 0.407. The number of fused-ring (bicyclic) bond motifs is 1. The van der Waals surface area contributed by atoms with E-state index in [1.165, 1.54) is 24.8 Å². The van der Waals surface area contributed by atoms with Gasteiger partial charge in [-0.2, -0.15) is 0 Å². The van der Waals surface area contributed by atoms with E-state index in [9.17, 15) is 0 Å². The highest BCUT2D eigenvalue weighted by atomic mass is 35.5. The van der Waals surface area contributed by atoms with E-state index in [1.807, 2.05) is 12.3 Å². The number of halogens is 1. The highest BCUT2D eigenvalue weighted by Crippen LogP contribution is 2.38. The summed E-state index contributed by atoms with van der Waals surface area (Å²) in [7, 11) is 0. The monoisotopic (exact) mass is 263 g/mol. The Balaban J connectivity index is 2.22. The quantitative estimate of drug-likeness (QED) is 0.771. The van der Waals surface area contributed by atoms with Crippen LogP contribution in [0.15, 0.2) is 12.3 Å². The number of pyridine rings is 1. The van der Waals surface area contributed by atoms with E-state index < -0.39 is 0 Å². The van der Waals surface area contributed by atoms with Gasteiger partial charge in [-0.1, -0.05) is 13.3 Å². The number of alkyl halides is 1. The molecule has 0 amide bonds. The molecule has 18 heavy (non-hydrogen) atoms. The van der Waals surface area contributed by atoms with Crippen molar-refractivity contribution >= 4 is 22.8 Å². The van der Waals surface area contributed by atoms with Gasteiger partial charge in [0.05, 0.1) is 5.88 Å². The smallest absolute Gasteiger partial charge is 0.160 e. The predicted molar refractivity (Wildman–Crippen MR) is 73.9 cm³/mol. The van der Waals surface area contributed by atoms with E-state index in [0.717, 1.165) is 17.0 Å². The first kappa shape index (κ1) is 12.0. The molecule has 0 bridgehead atoms. The standard InChI is InChI=1S/C14H18ClN3/c1-9-4-3-5-11(9)18-12(8-15)17-13-10(2)6-7-16-14(13)18/h6-7,9,11H,3-5,8H2,1-2H3. The van der Waals surface area contributed by atoms with E-state index in [1.54, 1.807) is 0 Å². The molecule has 96 valence electrons. The lowest BCUT2D eigenvalue weighted by Gasteiger charge is -2.19. The summed E-state index contributed by atoms with van der Waals surface area (Å²) < 4.78 is 2.28. The summed E-state index contributed by atoms with van der Waals surface area (Å²) in [4.78, 5) is 9.21. The number of nitrogens with zero attached hydrogens (tertiary/aromatic N) is 3. The molecule has 0 N–H and O–H groups in total. The largest absolute Gasteiger partial charge is 0.308 e. The van der Waals surface area contributed by atoms with Crippen LogP contribution in [-0.4, -0.2) is 14.5 Å². The molecule has 3 nitrogen and oxygen atoms in total. The Morgan fingerprint density at radius 2 is 2.28 bits per heavy atom. The van der Waals surface area contributed by atoms with E-state index in [2.05, 4.69) is 28.4 Å². The summed E-state index contributed by atoms with van der Waals surface area (Å²) in [6, 6.07) is 2.52. The summed E-state index contributed by atoms with van der Waals surface area (Å²) in [5, 5.41) is 0. The number of hydrogen-bond donors (Lipinski definition) is 0. The minimum Gasteiger partial charge on any atom is -0.308 e. The molecule has 2 unspecified atom stereocenters. The highest BCUT2D eigenvalue weighted by molar-refractivity contribution is 6.16. The van der Waals surface area contributed by atoms with Gasteiger partial charge in [-0.25, -0.2) is 9.97 Å². The predicted octanol–water partition coefficient (Wildman–Crippen LogP) is 3.84. The van der Waals surface area contributed by atoms with Crippen LogP contribution < -0.4 is 0 Å². The zero-order valence-electron chi connectivity index (χ0n) is 10.9. The van der Waals surface area contributed by atoms with Gasteiger partial charge in [0.25, 0.3) is 0 Å². The normalized spacial score (nSPS) is 23.9. The average molecular weight is 264 g/mol. The molecular formula is C14H18ClN3. The van der Waals surface area contributed by atoms with Crippen molar-refractivity contribution in [1.82, 2.24) is 14.5 Å². The fourth-order valence-electron chi connectivity index (χ4n) is 3.11. The van der Waals surface area contributed by atoms with Crippen LogP contribution in [0, 0.1) is 12.8 Å². The molecule has 2 aromatic rings. The molecule has 0 radical (unpaired) electrons. The van der Waals surface area contributed by atoms with E-state index >= 15 is 0 Å². The number of rotatable bonds is 2. The molecule has 3 rings (SSSR count). The molecule has 2 heterocycles. The molecule has 1 saturated carbocycles. The summed E-state index contributed by atoms with van der Waals surface area (Å²) in [5.74, 6) is 2.11. The van der Waals surface area contributed by atoms with Crippen LogP contribution in [0.2, 0.25) is 0 Å². The molecule has 1 aliphatic carbocycles. The lowest BCUT2D eigenvalue weighted by atomic mass is 10.1. The minimum absolute atomic E-state index is 0.457. The van der Waals surface area contributed by atoms with Gasteiger partial charge in [0, 0.05) is 12.2 Å². The van der Waals surface area contributed by atoms with Gasteiger partial charge in [-0.05, 0) is 37.3 Å². The Kier molecular flexibility index (Phi) is 3.02. The lowest BCUT2D eigenvalue weighted by Crippen LogP contribution is -2.14. The molecule has 4 heteroatoms. The topological polar surface area (TPSA) is 30.7 Å². The van der Waals surface area contributed by atoms with Crippen molar-refractivity contribution in [3.8, 4) is 0 Å². The molecule has 0 aromatic carbocycles. The maximum absolute atomic E-state index is 6.07. The van der Waals surface area contributed by atoms with E-state index in [4.69, 9.17) is 11.6 Å². The van der Waals surface area contributed by atoms with Crippen molar-refractivity contribution in [3.05, 3.63) is 23.7 Å². The maximum atomic E-state index is 6.07. The first-order valence-electron chi connectivity index (χ1n) is 6.60. The number of aromatic nitrogens is 3. The Labute approximate surface area is 112 Å². The third-order valence-electron chi connectivity index (χ3n) is 4.12. The molecule has 1 fully saturated rings. The molecule has 0 saturated heterocycles. The van der Waals surface area contributed by atoms with Crippen LogP contribution in [0.5, 0.6) is 0 Å². The first-order chi connectivity index (χ1) is 8.72. The van der Waals surface area contributed by atoms with Crippen LogP contribution in [0.4, 0.5) is 0 Å². The van der Waals surface area contributed by atoms with Crippen LogP contribution in [0.1, 0.15) is 43.6 Å². The van der Waals surface area contributed by atoms with E-state index in [0.29, 0.717) is 17.8 Å². The van der Waals surface area contributed by atoms with Crippen molar-refractivity contribution in [2.24, 2.45) is 5.92 Å². The Morgan fingerprint density at radius 1 is 1.44 bits per heavy atom. The van der Waals surface area contributed by atoms with Gasteiger partial charge in [0.2, 0.25) is 0 Å². The van der Waals surface area contributed by atoms with Crippen molar-refractivity contribution in [2.75, 3.05) is 0 Å². The van der Waals surface area contributed by atoms with Crippen molar-refractivity contribution < 1.29 is 0 Å². The van der Waals surface area contributed by atoms with Gasteiger partial charge in [-0.3, -0.25) is 0 Å². The average Bonchev–Trinajstić information content (AvgIpc) is 2.93. The molecule has 1 aliphatic rings. The van der Waals surface area contributed by atoms with Crippen LogP contribution in [0.25, 0.3) is 11.2 Å². The second-order valence-corrected chi connectivity index (χ2v) is 5.57. The minimum atomic E-state index is 0.457. The third-order valence-corrected chi connectivity index (χ3v) is 4.36. The van der Waals surface area contributed by atoms with Crippen LogP contribution in [-0.2, 0) is 5.88 Å². The first-order valence-corrected chi connectivity index (χ1v) is 7.14. The summed E-state index contributed by atoms with van der Waals surface area (Å²) in [5.41, 5.74) is 3.19. The molecule has 0 aliphatic heterocycles. The second kappa shape index (κ2) is 4.54. The van der Waals surface area contributed by atoms with E-state index in [-0.39, 0.29) is 0 Å². The van der Waals surface area contributed by atoms with Crippen molar-refractivity contribution in [3.63, 3.8) is 0 Å². The molecule has 0 spiro atoms. The van der Waals surface area contributed by atoms with Gasteiger partial charge < -0.3 is 4.57 Å². The van der Waals surface area contributed by atoms with Gasteiger partial charge >= 0.3 is 0 Å². The Hall–Kier alpha value is -1.09. The Bertz CT molecular complexity index is 576. The van der Waals surface area contributed by atoms with Crippen molar-refractivity contribution in [2.45, 2.75) is 45.0 Å². The number of imidazole rings is 1. The maximum Gasteiger partial charge on any atom is 0.160 e. The molecular weight excluding hydrogens is 246 g/mol. The second-order valence-electron chi connectivity index (χ2n) is 5.31. The Morgan fingerprint density at radius 3 is 2.94 bits per heavy atom. The van der Waals surface area contributed by atoms with Gasteiger partial charge in [-0.15, -0.1) is 11.6 Å². The molecule has 2 aromatic heterocycles. The fourth-order valence-corrected chi connectivity index (χ4v) is 3.30. The highest BCUT2D eigenvalue weighted by Gasteiger charge is 2.28. The zero-order valence-corrected chi connectivity index (χ0v) is 11.6. The zero-order chi connectivity index (χ0) is 12.7. The summed E-state index contributed by atoms with van der Waals surface area (Å²) >= 11 is 6.07. The third kappa shape index (κ3) is 1.72. The number of aryl methyl sites for hydroxylation is 1. The fraction of sp³-hybridized carbons (Fsp3) is 0.571. The number of hydrogen-bond acceptors (Lipinski definition) is 2. The van der Waals surface area contributed by atoms with Crippen LogP contribution in [0.3, 0.4) is 0 Å². The summed E-state index contributed by atoms with van der Waals surface area (Å²) in [6.45, 7) is 4.40. The summed E-state index contributed by atoms with van der Waals surface area (Å²) in [6.07, 6.45) is 5.66. The van der Waals surface area contributed by atoms with Crippen molar-refractivity contribution in [1.29, 1.82) is 0 Å². The SMILES string of the molecule is Cc1ccnc2c1nc(CCl)n2C1CCCC1C. The van der Waals surface area contributed by atoms with Gasteiger partial charge in [0.15, 0.2) is 5.65 Å².